The van der Waals surface area contributed by atoms with Crippen LogP contribution in [0.4, 0.5) is 4.39 Å². The number of ketones is 1. The molecule has 30 heavy (non-hydrogen) atoms. The van der Waals surface area contributed by atoms with Crippen LogP contribution in [0.1, 0.15) is 61.6 Å². The van der Waals surface area contributed by atoms with Gasteiger partial charge >= 0.3 is 0 Å². The molecular weight excluding hydrogens is 419 g/mol. The van der Waals surface area contributed by atoms with Crippen LogP contribution in [-0.4, -0.2) is 32.2 Å². The molecule has 1 aromatic carbocycles. The lowest BCUT2D eigenvalue weighted by atomic mass is 9.96. The van der Waals surface area contributed by atoms with Crippen LogP contribution in [0, 0.1) is 5.82 Å². The van der Waals surface area contributed by atoms with E-state index in [0.29, 0.717) is 30.7 Å². The van der Waals surface area contributed by atoms with Crippen LogP contribution < -0.4 is 5.32 Å². The van der Waals surface area contributed by atoms with Gasteiger partial charge in [0.05, 0.1) is 10.6 Å². The lowest BCUT2D eigenvalue weighted by molar-refractivity contribution is 0.103. The Bertz CT molecular complexity index is 869. The predicted octanol–water partition coefficient (Wildman–Crippen LogP) is 6.17. The van der Waals surface area contributed by atoms with Crippen molar-refractivity contribution in [2.75, 3.05) is 13.2 Å². The number of halogens is 2. The van der Waals surface area contributed by atoms with Crippen molar-refractivity contribution in [3.8, 4) is 0 Å². The average Bonchev–Trinajstić information content (AvgIpc) is 2.68. The quantitative estimate of drug-likeness (QED) is 0.282. The number of nitrogens with zero attached hydrogens (tertiary/aromatic N) is 1. The third-order valence-electron chi connectivity index (χ3n) is 5.82. The maximum atomic E-state index is 15.4. The Kier molecular flexibility index (Phi) is 8.33. The summed E-state index contributed by atoms with van der Waals surface area (Å²) >= 11 is 6.20. The van der Waals surface area contributed by atoms with E-state index in [1.165, 1.54) is 6.20 Å². The van der Waals surface area contributed by atoms with E-state index in [1.807, 2.05) is 6.92 Å². The zero-order valence-corrected chi connectivity index (χ0v) is 20.4. The molecule has 2 aromatic rings. The third-order valence-corrected chi connectivity index (χ3v) is 10.7. The molecule has 0 aliphatic rings. The van der Waals surface area contributed by atoms with Gasteiger partial charge < -0.3 is 9.74 Å². The second kappa shape index (κ2) is 10.1. The maximum absolute atomic E-state index is 15.4. The molecule has 1 aromatic heterocycles. The monoisotopic (exact) mass is 450 g/mol. The van der Waals surface area contributed by atoms with Crippen molar-refractivity contribution in [1.29, 1.82) is 0 Å². The van der Waals surface area contributed by atoms with Gasteiger partial charge in [-0.15, -0.1) is 0 Å². The zero-order valence-electron chi connectivity index (χ0n) is 18.7. The van der Waals surface area contributed by atoms with E-state index < -0.39 is 19.9 Å². The van der Waals surface area contributed by atoms with Crippen LogP contribution in [-0.2, 0) is 4.43 Å². The molecule has 1 atom stereocenters. The van der Waals surface area contributed by atoms with Gasteiger partial charge in [0.15, 0.2) is 14.1 Å². The van der Waals surface area contributed by atoms with Gasteiger partial charge in [0.2, 0.25) is 0 Å². The van der Waals surface area contributed by atoms with Crippen LogP contribution in [0.3, 0.4) is 0 Å². The fraction of sp³-hybridized carbons (Fsp3) is 0.478. The summed E-state index contributed by atoms with van der Waals surface area (Å²) in [6.07, 6.45) is 3.64. The molecule has 4 nitrogen and oxygen atoms in total. The minimum atomic E-state index is -1.83. The normalized spacial score (nSPS) is 13.3. The summed E-state index contributed by atoms with van der Waals surface area (Å²) in [5.74, 6) is -1.05. The lowest BCUT2D eigenvalue weighted by Crippen LogP contribution is -2.42. The third kappa shape index (κ3) is 5.75. The van der Waals surface area contributed by atoms with Crippen LogP contribution in [0.15, 0.2) is 36.7 Å². The van der Waals surface area contributed by atoms with Gasteiger partial charge in [0.25, 0.3) is 0 Å². The number of hydrogen-bond acceptors (Lipinski definition) is 4. The van der Waals surface area contributed by atoms with Crippen molar-refractivity contribution in [3.63, 3.8) is 0 Å². The Hall–Kier alpha value is -1.60. The van der Waals surface area contributed by atoms with E-state index >= 15 is 4.39 Å². The van der Waals surface area contributed by atoms with Crippen molar-refractivity contribution in [3.05, 3.63) is 64.2 Å². The fourth-order valence-electron chi connectivity index (χ4n) is 2.92. The molecule has 7 heteroatoms. The Morgan fingerprint density at radius 1 is 1.30 bits per heavy atom. The highest BCUT2D eigenvalue weighted by Gasteiger charge is 2.36. The zero-order chi connectivity index (χ0) is 22.5. The number of benzene rings is 1. The molecule has 0 fully saturated rings. The summed E-state index contributed by atoms with van der Waals surface area (Å²) in [5.41, 5.74) is 0.626. The summed E-state index contributed by atoms with van der Waals surface area (Å²) in [5, 5.41) is 3.60. The second-order valence-corrected chi connectivity index (χ2v) is 14.1. The van der Waals surface area contributed by atoms with Gasteiger partial charge in [-0.25, -0.2) is 4.39 Å². The maximum Gasteiger partial charge on any atom is 0.199 e. The average molecular weight is 451 g/mol. The largest absolute Gasteiger partial charge is 0.416 e. The minimum absolute atomic E-state index is 0.0983. The first-order chi connectivity index (χ1) is 14.0. The predicted molar refractivity (Wildman–Crippen MR) is 123 cm³/mol. The van der Waals surface area contributed by atoms with E-state index in [0.717, 1.165) is 0 Å². The molecule has 0 aliphatic carbocycles. The number of carbonyl (C=O) groups is 1. The van der Waals surface area contributed by atoms with E-state index in [1.54, 1.807) is 30.5 Å². The Morgan fingerprint density at radius 2 is 2.00 bits per heavy atom. The van der Waals surface area contributed by atoms with Crippen LogP contribution in [0.5, 0.6) is 0 Å². The number of pyridine rings is 1. The van der Waals surface area contributed by atoms with Crippen LogP contribution in [0.2, 0.25) is 23.2 Å². The molecule has 1 N–H and O–H groups in total. The first-order valence-corrected chi connectivity index (χ1v) is 13.6. The molecular formula is C23H32ClFN2O2Si. The van der Waals surface area contributed by atoms with Crippen molar-refractivity contribution in [1.82, 2.24) is 10.3 Å². The number of nitrogens with one attached hydrogen (secondary N) is 1. The summed E-state index contributed by atoms with van der Waals surface area (Å²) in [7, 11) is -1.83. The van der Waals surface area contributed by atoms with Crippen LogP contribution in [0.25, 0.3) is 0 Å². The van der Waals surface area contributed by atoms with Gasteiger partial charge in [0.1, 0.15) is 5.82 Å². The molecule has 0 saturated heterocycles. The molecule has 1 heterocycles. The Labute approximate surface area is 185 Å². The molecule has 0 bridgehead atoms. The van der Waals surface area contributed by atoms with E-state index in [4.69, 9.17) is 16.0 Å². The fourth-order valence-corrected chi connectivity index (χ4v) is 4.19. The molecule has 2 rings (SSSR count). The summed E-state index contributed by atoms with van der Waals surface area (Å²) in [6, 6.07) is 6.23. The minimum Gasteiger partial charge on any atom is -0.416 e. The molecule has 0 saturated carbocycles. The number of hydrogen-bond donors (Lipinski definition) is 1. The second-order valence-electron chi connectivity index (χ2n) is 8.92. The molecule has 164 valence electrons. The van der Waals surface area contributed by atoms with Gasteiger partial charge in [-0.05, 0) is 42.8 Å². The Balaban J connectivity index is 2.16. The SMILES string of the molecule is CC[C@@H](NCCO[Si](C)(C)C(C)(C)C)c1ccc(Cl)c(C(=O)c2cccnc2)c1F. The topological polar surface area (TPSA) is 51.2 Å². The molecule has 0 unspecified atom stereocenters. The van der Waals surface area contributed by atoms with E-state index in [9.17, 15) is 4.79 Å². The van der Waals surface area contributed by atoms with Crippen molar-refractivity contribution in [2.45, 2.75) is 58.3 Å². The number of carbonyl (C=O) groups excluding carboxylic acids is 1. The van der Waals surface area contributed by atoms with Gasteiger partial charge in [-0.3, -0.25) is 9.78 Å². The highest BCUT2D eigenvalue weighted by molar-refractivity contribution is 6.74. The van der Waals surface area contributed by atoms with Crippen LogP contribution >= 0.6 is 11.6 Å². The van der Waals surface area contributed by atoms with E-state index in [-0.39, 0.29) is 21.7 Å². The summed E-state index contributed by atoms with van der Waals surface area (Å²) in [4.78, 5) is 16.8. The standard InChI is InChI=1S/C23H32ClFN2O2Si/c1-7-19(27-13-14-29-30(5,6)23(2,3)4)17-10-11-18(24)20(21(17)25)22(28)16-9-8-12-26-15-16/h8-12,15,19,27H,7,13-14H2,1-6H3/t19-/m1/s1. The Morgan fingerprint density at radius 3 is 2.57 bits per heavy atom. The lowest BCUT2D eigenvalue weighted by Gasteiger charge is -2.36. The van der Waals surface area contributed by atoms with Crippen molar-refractivity contribution >= 4 is 25.7 Å². The molecule has 0 radical (unpaired) electrons. The molecule has 0 spiro atoms. The number of rotatable bonds is 9. The summed E-state index contributed by atoms with van der Waals surface area (Å²) < 4.78 is 21.6. The van der Waals surface area contributed by atoms with Gasteiger partial charge in [-0.1, -0.05) is 45.4 Å². The highest BCUT2D eigenvalue weighted by atomic mass is 35.5. The first-order valence-electron chi connectivity index (χ1n) is 10.3. The van der Waals surface area contributed by atoms with Crippen molar-refractivity contribution < 1.29 is 13.6 Å². The van der Waals surface area contributed by atoms with Gasteiger partial charge in [-0.2, -0.15) is 0 Å². The first kappa shape index (κ1) is 24.7. The summed E-state index contributed by atoms with van der Waals surface area (Å²) in [6.45, 7) is 14.1. The van der Waals surface area contributed by atoms with E-state index in [2.05, 4.69) is 44.2 Å². The highest BCUT2D eigenvalue weighted by Crippen LogP contribution is 2.36. The number of aromatic nitrogens is 1. The van der Waals surface area contributed by atoms with Crippen molar-refractivity contribution in [2.24, 2.45) is 0 Å². The molecule has 0 amide bonds. The van der Waals surface area contributed by atoms with Gasteiger partial charge in [0, 0.05) is 42.7 Å². The molecule has 0 aliphatic heterocycles. The smallest absolute Gasteiger partial charge is 0.199 e.